The van der Waals surface area contributed by atoms with Crippen LogP contribution in [0.2, 0.25) is 0 Å². The molecular weight excluding hydrogens is 1140 g/mol. The molecular formula is C67H130O17P2. The van der Waals surface area contributed by atoms with Gasteiger partial charge in [-0.2, -0.15) is 0 Å². The van der Waals surface area contributed by atoms with Crippen molar-refractivity contribution in [3.8, 4) is 0 Å². The third-order valence-electron chi connectivity index (χ3n) is 15.5. The number of aliphatic hydroxyl groups excluding tert-OH is 1. The predicted molar refractivity (Wildman–Crippen MR) is 345 cm³/mol. The number of rotatable bonds is 66. The summed E-state index contributed by atoms with van der Waals surface area (Å²) in [6, 6.07) is 0. The molecule has 0 heterocycles. The van der Waals surface area contributed by atoms with Crippen molar-refractivity contribution in [1.29, 1.82) is 0 Å². The van der Waals surface area contributed by atoms with E-state index in [0.29, 0.717) is 25.7 Å². The maximum absolute atomic E-state index is 13.0. The quantitative estimate of drug-likeness (QED) is 0.0222. The Hall–Kier alpha value is -1.94. The summed E-state index contributed by atoms with van der Waals surface area (Å²) in [6.45, 7) is 9.41. The largest absolute Gasteiger partial charge is 0.472 e. The Morgan fingerprint density at radius 2 is 0.535 bits per heavy atom. The topological polar surface area (TPSA) is 237 Å². The van der Waals surface area contributed by atoms with Crippen LogP contribution in [0.15, 0.2) is 0 Å². The SMILES string of the molecule is CCCCCCCCCCCCCCCCCCC(=O)O[C@H](COC(=O)CCCCCCCCCCCCC(C)C)COP(=O)(O)OC[C@@H](O)COP(=O)(O)OC[C@@H](COC(=O)CCCCCCC)OC(=O)CCCCCCCCCCCC(C)C. The van der Waals surface area contributed by atoms with Crippen molar-refractivity contribution in [1.82, 2.24) is 0 Å². The normalized spacial score (nSPS) is 14.2. The van der Waals surface area contributed by atoms with Crippen molar-refractivity contribution in [2.75, 3.05) is 39.6 Å². The molecule has 0 aromatic carbocycles. The summed E-state index contributed by atoms with van der Waals surface area (Å²) in [5, 5.41) is 10.5. The highest BCUT2D eigenvalue weighted by atomic mass is 31.2. The molecule has 17 nitrogen and oxygen atoms in total. The number of carbonyl (C=O) groups is 4. The zero-order valence-electron chi connectivity index (χ0n) is 55.6. The number of hydrogen-bond donors (Lipinski definition) is 3. The molecule has 0 aromatic rings. The van der Waals surface area contributed by atoms with Crippen molar-refractivity contribution in [3.63, 3.8) is 0 Å². The van der Waals surface area contributed by atoms with E-state index in [4.69, 9.17) is 37.0 Å². The van der Waals surface area contributed by atoms with Gasteiger partial charge in [0.25, 0.3) is 0 Å². The van der Waals surface area contributed by atoms with Crippen LogP contribution in [0.5, 0.6) is 0 Å². The van der Waals surface area contributed by atoms with Gasteiger partial charge in [-0.25, -0.2) is 9.13 Å². The van der Waals surface area contributed by atoms with Crippen molar-refractivity contribution >= 4 is 39.5 Å². The minimum atomic E-state index is -4.95. The van der Waals surface area contributed by atoms with Crippen LogP contribution in [0.4, 0.5) is 0 Å². The van der Waals surface area contributed by atoms with Gasteiger partial charge in [-0.1, -0.05) is 286 Å². The third-order valence-corrected chi connectivity index (χ3v) is 17.4. The number of phosphoric ester groups is 2. The molecule has 0 aliphatic rings. The van der Waals surface area contributed by atoms with Gasteiger partial charge >= 0.3 is 39.5 Å². The van der Waals surface area contributed by atoms with E-state index in [-0.39, 0.29) is 25.7 Å². The van der Waals surface area contributed by atoms with E-state index in [0.717, 1.165) is 108 Å². The van der Waals surface area contributed by atoms with Gasteiger partial charge in [0.05, 0.1) is 26.4 Å². The highest BCUT2D eigenvalue weighted by Crippen LogP contribution is 2.45. The molecule has 0 aromatic heterocycles. The number of ether oxygens (including phenoxy) is 4. The highest BCUT2D eigenvalue weighted by molar-refractivity contribution is 7.47. The van der Waals surface area contributed by atoms with Crippen LogP contribution in [-0.2, 0) is 65.4 Å². The molecule has 2 unspecified atom stereocenters. The Labute approximate surface area is 524 Å². The monoisotopic (exact) mass is 1270 g/mol. The van der Waals surface area contributed by atoms with E-state index < -0.39 is 97.5 Å². The molecule has 0 radical (unpaired) electrons. The molecule has 86 heavy (non-hydrogen) atoms. The average Bonchev–Trinajstić information content (AvgIpc) is 3.69. The molecule has 0 aliphatic heterocycles. The van der Waals surface area contributed by atoms with Crippen LogP contribution in [0.25, 0.3) is 0 Å². The molecule has 0 amide bonds. The molecule has 3 N–H and O–H groups in total. The molecule has 510 valence electrons. The summed E-state index contributed by atoms with van der Waals surface area (Å²) in [5.41, 5.74) is 0. The smallest absolute Gasteiger partial charge is 0.462 e. The van der Waals surface area contributed by atoms with Gasteiger partial charge in [0.2, 0.25) is 0 Å². The Balaban J connectivity index is 5.17. The van der Waals surface area contributed by atoms with E-state index in [9.17, 15) is 43.2 Å². The van der Waals surface area contributed by atoms with Gasteiger partial charge < -0.3 is 33.8 Å². The molecule has 0 rings (SSSR count). The van der Waals surface area contributed by atoms with Crippen LogP contribution in [-0.4, -0.2) is 96.7 Å². The molecule has 5 atom stereocenters. The van der Waals surface area contributed by atoms with Crippen LogP contribution in [0, 0.1) is 11.8 Å². The first-order chi connectivity index (χ1) is 41.4. The number of aliphatic hydroxyl groups is 1. The fourth-order valence-electron chi connectivity index (χ4n) is 10.1. The Kier molecular flexibility index (Phi) is 58.0. The second kappa shape index (κ2) is 59.4. The first-order valence-corrected chi connectivity index (χ1v) is 38.0. The molecule has 19 heteroatoms. The minimum absolute atomic E-state index is 0.104. The lowest BCUT2D eigenvalue weighted by molar-refractivity contribution is -0.161. The summed E-state index contributed by atoms with van der Waals surface area (Å²) >= 11 is 0. The van der Waals surface area contributed by atoms with E-state index >= 15 is 0 Å². The number of esters is 4. The van der Waals surface area contributed by atoms with Crippen molar-refractivity contribution in [3.05, 3.63) is 0 Å². The Bertz CT molecular complexity index is 1680. The maximum atomic E-state index is 13.0. The fraction of sp³-hybridized carbons (Fsp3) is 0.940. The van der Waals surface area contributed by atoms with Crippen LogP contribution in [0.1, 0.15) is 337 Å². The summed E-state index contributed by atoms with van der Waals surface area (Å²) in [4.78, 5) is 72.1. The lowest BCUT2D eigenvalue weighted by atomic mass is 10.0. The Morgan fingerprint density at radius 1 is 0.314 bits per heavy atom. The maximum Gasteiger partial charge on any atom is 0.472 e. The van der Waals surface area contributed by atoms with Crippen LogP contribution >= 0.6 is 15.6 Å². The number of hydrogen-bond acceptors (Lipinski definition) is 15. The first-order valence-electron chi connectivity index (χ1n) is 35.0. The van der Waals surface area contributed by atoms with E-state index in [1.54, 1.807) is 0 Å². The molecule has 0 saturated heterocycles. The van der Waals surface area contributed by atoms with Gasteiger partial charge in [0.15, 0.2) is 12.2 Å². The molecule has 0 aliphatic carbocycles. The van der Waals surface area contributed by atoms with Gasteiger partial charge in [-0.05, 0) is 37.5 Å². The van der Waals surface area contributed by atoms with Gasteiger partial charge in [0, 0.05) is 25.7 Å². The number of carbonyl (C=O) groups excluding carboxylic acids is 4. The molecule has 0 saturated carbocycles. The number of phosphoric acid groups is 2. The van der Waals surface area contributed by atoms with Gasteiger partial charge in [0.1, 0.15) is 19.3 Å². The van der Waals surface area contributed by atoms with Crippen LogP contribution in [0.3, 0.4) is 0 Å². The van der Waals surface area contributed by atoms with Crippen LogP contribution < -0.4 is 0 Å². The first kappa shape index (κ1) is 84.1. The van der Waals surface area contributed by atoms with Crippen molar-refractivity contribution < 1.29 is 80.2 Å². The predicted octanol–water partition coefficient (Wildman–Crippen LogP) is 18.8. The summed E-state index contributed by atoms with van der Waals surface area (Å²) in [7, 11) is -9.89. The lowest BCUT2D eigenvalue weighted by Crippen LogP contribution is -2.30. The zero-order valence-corrected chi connectivity index (χ0v) is 57.4. The second-order valence-corrected chi connectivity index (χ2v) is 28.1. The molecule has 0 spiro atoms. The van der Waals surface area contributed by atoms with Crippen molar-refractivity contribution in [2.24, 2.45) is 11.8 Å². The van der Waals surface area contributed by atoms with E-state index in [1.165, 1.54) is 148 Å². The summed E-state index contributed by atoms with van der Waals surface area (Å²) < 4.78 is 68.0. The van der Waals surface area contributed by atoms with E-state index in [1.807, 2.05) is 0 Å². The third kappa shape index (κ3) is 60.9. The van der Waals surface area contributed by atoms with Crippen molar-refractivity contribution in [2.45, 2.75) is 355 Å². The van der Waals surface area contributed by atoms with E-state index in [2.05, 4.69) is 41.5 Å². The molecule has 0 fully saturated rings. The minimum Gasteiger partial charge on any atom is -0.462 e. The van der Waals surface area contributed by atoms with Gasteiger partial charge in [-0.15, -0.1) is 0 Å². The number of unbranched alkanes of at least 4 members (excludes halogenated alkanes) is 36. The fourth-order valence-corrected chi connectivity index (χ4v) is 11.6. The average molecular weight is 1270 g/mol. The second-order valence-electron chi connectivity index (χ2n) is 25.2. The standard InChI is InChI=1S/C67H130O17P2/c1-7-9-11-13-14-15-16-17-18-19-20-21-28-33-39-45-51-66(71)84-63(56-78-65(70)50-44-38-32-27-23-22-25-30-36-41-47-59(3)4)58-82-86(75,76)80-54-61(68)53-79-85(73,74)81-57-62(55-77-64(69)49-43-35-12-10-8-2)83-67(72)52-46-40-34-29-24-26-31-37-42-48-60(5)6/h59-63,68H,7-58H2,1-6H3,(H,73,74)(H,75,76)/t61-,62+,63+/m0/s1. The zero-order chi connectivity index (χ0) is 63.6. The summed E-state index contributed by atoms with van der Waals surface area (Å²) in [5.74, 6) is -0.644. The Morgan fingerprint density at radius 3 is 0.791 bits per heavy atom. The lowest BCUT2D eigenvalue weighted by Gasteiger charge is -2.21. The summed E-state index contributed by atoms with van der Waals surface area (Å²) in [6.07, 6.45) is 43.4. The van der Waals surface area contributed by atoms with Gasteiger partial charge in [-0.3, -0.25) is 37.3 Å². The highest BCUT2D eigenvalue weighted by Gasteiger charge is 2.30. The molecule has 0 bridgehead atoms.